The van der Waals surface area contributed by atoms with Gasteiger partial charge < -0.3 is 0 Å². The number of likely N-dealkylation sites (tertiary alicyclic amines) is 1. The van der Waals surface area contributed by atoms with Gasteiger partial charge in [0.1, 0.15) is 0 Å². The Bertz CT molecular complexity index is 774. The molecule has 0 N–H and O–H groups in total. The molecule has 3 heteroatoms. The van der Waals surface area contributed by atoms with Crippen molar-refractivity contribution in [3.05, 3.63) is 60.4 Å². The minimum atomic E-state index is 0.989. The Kier molecular flexibility index (Phi) is 3.57. The van der Waals surface area contributed by atoms with Crippen LogP contribution in [0.15, 0.2) is 54.9 Å². The summed E-state index contributed by atoms with van der Waals surface area (Å²) in [6.45, 7) is 3.45. The summed E-state index contributed by atoms with van der Waals surface area (Å²) in [6.07, 6.45) is 6.57. The third-order valence-electron chi connectivity index (χ3n) is 4.32. The molecule has 1 fully saturated rings. The van der Waals surface area contributed by atoms with Crippen molar-refractivity contribution >= 4 is 10.9 Å². The number of benzene rings is 1. The van der Waals surface area contributed by atoms with E-state index in [2.05, 4.69) is 39.1 Å². The molecule has 1 aliphatic heterocycles. The normalized spacial score (nSPS) is 15.5. The highest BCUT2D eigenvalue weighted by atomic mass is 15.1. The molecule has 0 unspecified atom stereocenters. The summed E-state index contributed by atoms with van der Waals surface area (Å²) in [5, 5.41) is 1.16. The number of aromatic nitrogens is 2. The Balaban J connectivity index is 1.58. The number of nitrogens with zero attached hydrogens (tertiary/aromatic N) is 3. The van der Waals surface area contributed by atoms with Crippen LogP contribution >= 0.6 is 0 Å². The number of hydrogen-bond donors (Lipinski definition) is 0. The third-order valence-corrected chi connectivity index (χ3v) is 4.32. The summed E-state index contributed by atoms with van der Waals surface area (Å²) in [6, 6.07) is 14.6. The number of pyridine rings is 2. The first-order valence-corrected chi connectivity index (χ1v) is 7.91. The van der Waals surface area contributed by atoms with Crippen molar-refractivity contribution in [2.75, 3.05) is 13.1 Å². The van der Waals surface area contributed by atoms with Gasteiger partial charge in [-0.1, -0.05) is 24.3 Å². The van der Waals surface area contributed by atoms with E-state index in [1.807, 2.05) is 30.6 Å². The SMILES string of the molecule is c1ccc2ncc(-c3ccc(CN4CCCC4)cn3)cc2c1. The highest BCUT2D eigenvalue weighted by Crippen LogP contribution is 2.21. The zero-order valence-corrected chi connectivity index (χ0v) is 12.6. The Morgan fingerprint density at radius 2 is 1.77 bits per heavy atom. The van der Waals surface area contributed by atoms with Crippen LogP contribution in [-0.2, 0) is 6.54 Å². The van der Waals surface area contributed by atoms with Gasteiger partial charge in [-0.15, -0.1) is 0 Å². The molecular weight excluding hydrogens is 270 g/mol. The monoisotopic (exact) mass is 289 g/mol. The van der Waals surface area contributed by atoms with Crippen LogP contribution in [0.2, 0.25) is 0 Å². The summed E-state index contributed by atoms with van der Waals surface area (Å²) in [7, 11) is 0. The molecular formula is C19H19N3. The smallest absolute Gasteiger partial charge is 0.0717 e. The Hall–Kier alpha value is -2.26. The first-order valence-electron chi connectivity index (χ1n) is 7.91. The summed E-state index contributed by atoms with van der Waals surface area (Å²) >= 11 is 0. The lowest BCUT2D eigenvalue weighted by atomic mass is 10.1. The molecule has 110 valence electrons. The number of rotatable bonds is 3. The Labute approximate surface area is 130 Å². The second kappa shape index (κ2) is 5.85. The molecule has 22 heavy (non-hydrogen) atoms. The maximum absolute atomic E-state index is 4.63. The van der Waals surface area contributed by atoms with Crippen LogP contribution in [0.3, 0.4) is 0 Å². The molecule has 0 bridgehead atoms. The first-order chi connectivity index (χ1) is 10.9. The molecule has 0 radical (unpaired) electrons. The molecule has 0 spiro atoms. The van der Waals surface area contributed by atoms with Crippen molar-refractivity contribution in [1.29, 1.82) is 0 Å². The molecule has 0 amide bonds. The van der Waals surface area contributed by atoms with Crippen LogP contribution in [0, 0.1) is 0 Å². The van der Waals surface area contributed by atoms with E-state index >= 15 is 0 Å². The summed E-state index contributed by atoms with van der Waals surface area (Å²) in [5.41, 5.74) is 4.38. The van der Waals surface area contributed by atoms with Crippen molar-refractivity contribution in [3.63, 3.8) is 0 Å². The van der Waals surface area contributed by atoms with Crippen molar-refractivity contribution in [1.82, 2.24) is 14.9 Å². The lowest BCUT2D eigenvalue weighted by Crippen LogP contribution is -2.18. The largest absolute Gasteiger partial charge is 0.299 e. The number of fused-ring (bicyclic) bond motifs is 1. The lowest BCUT2D eigenvalue weighted by Gasteiger charge is -2.14. The van der Waals surface area contributed by atoms with Gasteiger partial charge in [0.05, 0.1) is 11.2 Å². The zero-order chi connectivity index (χ0) is 14.8. The summed E-state index contributed by atoms with van der Waals surface area (Å²) in [5.74, 6) is 0. The quantitative estimate of drug-likeness (QED) is 0.732. The number of hydrogen-bond acceptors (Lipinski definition) is 3. The molecule has 1 saturated heterocycles. The van der Waals surface area contributed by atoms with Crippen LogP contribution < -0.4 is 0 Å². The van der Waals surface area contributed by atoms with Crippen LogP contribution in [-0.4, -0.2) is 28.0 Å². The van der Waals surface area contributed by atoms with E-state index in [0.717, 1.165) is 28.7 Å². The van der Waals surface area contributed by atoms with E-state index < -0.39 is 0 Å². The molecule has 0 aliphatic carbocycles. The second-order valence-electron chi connectivity index (χ2n) is 5.95. The molecule has 2 aromatic heterocycles. The van der Waals surface area contributed by atoms with Gasteiger partial charge in [0, 0.05) is 29.9 Å². The molecule has 3 nitrogen and oxygen atoms in total. The highest BCUT2D eigenvalue weighted by Gasteiger charge is 2.12. The Morgan fingerprint density at radius 1 is 0.909 bits per heavy atom. The van der Waals surface area contributed by atoms with Crippen molar-refractivity contribution < 1.29 is 0 Å². The molecule has 1 aliphatic rings. The van der Waals surface area contributed by atoms with E-state index in [4.69, 9.17) is 0 Å². The Morgan fingerprint density at radius 3 is 2.59 bits per heavy atom. The van der Waals surface area contributed by atoms with E-state index in [9.17, 15) is 0 Å². The van der Waals surface area contributed by atoms with Gasteiger partial charge >= 0.3 is 0 Å². The molecule has 3 aromatic rings. The standard InChI is InChI=1S/C19H19N3/c1-2-6-18-16(5-1)11-17(13-21-18)19-8-7-15(12-20-19)14-22-9-3-4-10-22/h1-2,5-8,11-13H,3-4,9-10,14H2. The van der Waals surface area contributed by atoms with Gasteiger partial charge in [-0.2, -0.15) is 0 Å². The first kappa shape index (κ1) is 13.4. The minimum Gasteiger partial charge on any atom is -0.299 e. The average molecular weight is 289 g/mol. The van der Waals surface area contributed by atoms with Gasteiger partial charge in [-0.25, -0.2) is 0 Å². The van der Waals surface area contributed by atoms with Gasteiger partial charge in [-0.05, 0) is 49.7 Å². The second-order valence-corrected chi connectivity index (χ2v) is 5.95. The van der Waals surface area contributed by atoms with E-state index in [-0.39, 0.29) is 0 Å². The molecule has 4 rings (SSSR count). The minimum absolute atomic E-state index is 0.989. The fourth-order valence-electron chi connectivity index (χ4n) is 3.10. The fraction of sp³-hybridized carbons (Fsp3) is 0.263. The molecule has 3 heterocycles. The number of para-hydroxylation sites is 1. The van der Waals surface area contributed by atoms with Crippen LogP contribution in [0.25, 0.3) is 22.2 Å². The van der Waals surface area contributed by atoms with Gasteiger partial charge in [-0.3, -0.25) is 14.9 Å². The molecule has 1 aromatic carbocycles. The maximum Gasteiger partial charge on any atom is 0.0717 e. The third kappa shape index (κ3) is 2.72. The summed E-state index contributed by atoms with van der Waals surface area (Å²) < 4.78 is 0. The van der Waals surface area contributed by atoms with Gasteiger partial charge in [0.15, 0.2) is 0 Å². The van der Waals surface area contributed by atoms with E-state index in [1.54, 1.807) is 0 Å². The van der Waals surface area contributed by atoms with E-state index in [1.165, 1.54) is 31.5 Å². The topological polar surface area (TPSA) is 29.0 Å². The van der Waals surface area contributed by atoms with Crippen molar-refractivity contribution in [2.24, 2.45) is 0 Å². The lowest BCUT2D eigenvalue weighted by molar-refractivity contribution is 0.331. The van der Waals surface area contributed by atoms with Gasteiger partial charge in [0.25, 0.3) is 0 Å². The molecule has 0 saturated carbocycles. The van der Waals surface area contributed by atoms with Crippen LogP contribution in [0.4, 0.5) is 0 Å². The average Bonchev–Trinajstić information content (AvgIpc) is 3.08. The maximum atomic E-state index is 4.63. The van der Waals surface area contributed by atoms with E-state index in [0.29, 0.717) is 0 Å². The summed E-state index contributed by atoms with van der Waals surface area (Å²) in [4.78, 5) is 11.6. The molecule has 0 atom stereocenters. The highest BCUT2D eigenvalue weighted by molar-refractivity contribution is 5.82. The fourth-order valence-corrected chi connectivity index (χ4v) is 3.10. The predicted molar refractivity (Wildman–Crippen MR) is 89.5 cm³/mol. The van der Waals surface area contributed by atoms with Crippen LogP contribution in [0.5, 0.6) is 0 Å². The predicted octanol–water partition coefficient (Wildman–Crippen LogP) is 3.89. The van der Waals surface area contributed by atoms with Gasteiger partial charge in [0.2, 0.25) is 0 Å². The zero-order valence-electron chi connectivity index (χ0n) is 12.6. The van der Waals surface area contributed by atoms with Crippen molar-refractivity contribution in [2.45, 2.75) is 19.4 Å². The van der Waals surface area contributed by atoms with Crippen LogP contribution in [0.1, 0.15) is 18.4 Å². The van der Waals surface area contributed by atoms with Crippen molar-refractivity contribution in [3.8, 4) is 11.3 Å².